The molecule has 0 radical (unpaired) electrons. The maximum Gasteiger partial charge on any atom is 0.275 e. The maximum absolute atomic E-state index is 12.9. The second-order valence-electron chi connectivity index (χ2n) is 7.56. The molecule has 8 heteroatoms. The summed E-state index contributed by atoms with van der Waals surface area (Å²) in [5.74, 6) is 0.679. The molecule has 1 aliphatic rings. The van der Waals surface area contributed by atoms with Gasteiger partial charge in [0.05, 0.1) is 25.5 Å². The van der Waals surface area contributed by atoms with E-state index in [1.165, 1.54) is 11.3 Å². The standard InChI is InChI=1S/C24H25N3O4S/c1-30-20-12-11-15(13-21(20)31-2)24-27-19(14-32-24)23(29)26-18-10-6-5-9-17(18)22(28)25-16-7-3-4-8-16/h5-6,9-14,16H,3-4,7-8H2,1-2H3,(H,25,28)(H,26,29). The van der Waals surface area contributed by atoms with Crippen molar-refractivity contribution in [3.05, 3.63) is 59.1 Å². The molecule has 1 aliphatic carbocycles. The lowest BCUT2D eigenvalue weighted by Crippen LogP contribution is -2.33. The van der Waals surface area contributed by atoms with Crippen LogP contribution in [0.2, 0.25) is 0 Å². The van der Waals surface area contributed by atoms with Crippen molar-refractivity contribution in [1.82, 2.24) is 10.3 Å². The van der Waals surface area contributed by atoms with Crippen LogP contribution in [0.4, 0.5) is 5.69 Å². The molecular weight excluding hydrogens is 426 g/mol. The van der Waals surface area contributed by atoms with Gasteiger partial charge in [-0.1, -0.05) is 25.0 Å². The van der Waals surface area contributed by atoms with E-state index in [0.29, 0.717) is 27.8 Å². The van der Waals surface area contributed by atoms with E-state index >= 15 is 0 Å². The summed E-state index contributed by atoms with van der Waals surface area (Å²) >= 11 is 1.36. The van der Waals surface area contributed by atoms with Crippen LogP contribution < -0.4 is 20.1 Å². The fourth-order valence-corrected chi connectivity index (χ4v) is 4.59. The molecule has 1 heterocycles. The monoisotopic (exact) mass is 451 g/mol. The summed E-state index contributed by atoms with van der Waals surface area (Å²) in [6.07, 6.45) is 4.27. The van der Waals surface area contributed by atoms with Crippen molar-refractivity contribution in [2.45, 2.75) is 31.7 Å². The van der Waals surface area contributed by atoms with Gasteiger partial charge in [0.15, 0.2) is 11.5 Å². The van der Waals surface area contributed by atoms with E-state index in [-0.39, 0.29) is 23.6 Å². The molecule has 2 N–H and O–H groups in total. The molecule has 32 heavy (non-hydrogen) atoms. The van der Waals surface area contributed by atoms with Crippen LogP contribution in [-0.4, -0.2) is 37.1 Å². The lowest BCUT2D eigenvalue weighted by molar-refractivity contribution is 0.0938. The van der Waals surface area contributed by atoms with Crippen molar-refractivity contribution in [2.75, 3.05) is 19.5 Å². The third-order valence-electron chi connectivity index (χ3n) is 5.48. The predicted molar refractivity (Wildman–Crippen MR) is 125 cm³/mol. The van der Waals surface area contributed by atoms with Crippen molar-refractivity contribution in [1.29, 1.82) is 0 Å². The molecule has 0 bridgehead atoms. The number of carbonyl (C=O) groups excluding carboxylic acids is 2. The number of amides is 2. The largest absolute Gasteiger partial charge is 0.493 e. The number of hydrogen-bond donors (Lipinski definition) is 2. The van der Waals surface area contributed by atoms with Gasteiger partial charge in [-0.25, -0.2) is 4.98 Å². The Labute approximate surface area is 190 Å². The normalized spacial score (nSPS) is 13.6. The van der Waals surface area contributed by atoms with E-state index in [1.54, 1.807) is 49.9 Å². The highest BCUT2D eigenvalue weighted by Gasteiger charge is 2.21. The van der Waals surface area contributed by atoms with Crippen LogP contribution in [0.1, 0.15) is 46.5 Å². The Morgan fingerprint density at radius 3 is 2.50 bits per heavy atom. The number of thiazole rings is 1. The molecule has 0 spiro atoms. The van der Waals surface area contributed by atoms with Crippen molar-refractivity contribution in [3.8, 4) is 22.1 Å². The summed E-state index contributed by atoms with van der Waals surface area (Å²) in [6.45, 7) is 0. The van der Waals surface area contributed by atoms with Crippen LogP contribution in [0, 0.1) is 0 Å². The third-order valence-corrected chi connectivity index (χ3v) is 6.37. The van der Waals surface area contributed by atoms with Crippen LogP contribution in [0.3, 0.4) is 0 Å². The van der Waals surface area contributed by atoms with Gasteiger partial charge in [0.1, 0.15) is 10.7 Å². The molecule has 0 aliphatic heterocycles. The number of hydrogen-bond acceptors (Lipinski definition) is 6. The fraction of sp³-hybridized carbons (Fsp3) is 0.292. The number of ether oxygens (including phenoxy) is 2. The highest BCUT2D eigenvalue weighted by atomic mass is 32.1. The first kappa shape index (κ1) is 21.8. The number of benzene rings is 2. The molecule has 1 aromatic heterocycles. The summed E-state index contributed by atoms with van der Waals surface area (Å²) in [7, 11) is 3.15. The van der Waals surface area contributed by atoms with Crippen LogP contribution in [0.15, 0.2) is 47.8 Å². The van der Waals surface area contributed by atoms with Crippen LogP contribution in [0.5, 0.6) is 11.5 Å². The van der Waals surface area contributed by atoms with Gasteiger partial charge in [0, 0.05) is 17.0 Å². The summed E-state index contributed by atoms with van der Waals surface area (Å²) in [6, 6.07) is 12.7. The SMILES string of the molecule is COc1ccc(-c2nc(C(=O)Nc3ccccc3C(=O)NC3CCCC3)cs2)cc1OC. The Kier molecular flexibility index (Phi) is 6.70. The number of nitrogens with zero attached hydrogens (tertiary/aromatic N) is 1. The Bertz CT molecular complexity index is 1120. The lowest BCUT2D eigenvalue weighted by atomic mass is 10.1. The second kappa shape index (κ2) is 9.82. The minimum Gasteiger partial charge on any atom is -0.493 e. The zero-order chi connectivity index (χ0) is 22.5. The first-order valence-corrected chi connectivity index (χ1v) is 11.4. The Morgan fingerprint density at radius 2 is 1.75 bits per heavy atom. The maximum atomic E-state index is 12.9. The minimum absolute atomic E-state index is 0.169. The molecule has 0 saturated heterocycles. The van der Waals surface area contributed by atoms with Gasteiger partial charge in [-0.15, -0.1) is 11.3 Å². The number of methoxy groups -OCH3 is 2. The molecule has 3 aromatic rings. The number of nitrogens with one attached hydrogen (secondary N) is 2. The highest BCUT2D eigenvalue weighted by molar-refractivity contribution is 7.13. The van der Waals surface area contributed by atoms with Crippen LogP contribution >= 0.6 is 11.3 Å². The number of rotatable bonds is 7. The van der Waals surface area contributed by atoms with Crippen molar-refractivity contribution < 1.29 is 19.1 Å². The van der Waals surface area contributed by atoms with Gasteiger partial charge in [-0.3, -0.25) is 9.59 Å². The van der Waals surface area contributed by atoms with Gasteiger partial charge in [-0.05, 0) is 43.2 Å². The van der Waals surface area contributed by atoms with Crippen molar-refractivity contribution >= 4 is 28.8 Å². The van der Waals surface area contributed by atoms with E-state index in [2.05, 4.69) is 15.6 Å². The molecule has 0 atom stereocenters. The minimum atomic E-state index is -0.367. The molecule has 7 nitrogen and oxygen atoms in total. The molecule has 2 amide bonds. The average Bonchev–Trinajstić information content (AvgIpc) is 3.51. The molecule has 0 unspecified atom stereocenters. The van der Waals surface area contributed by atoms with Gasteiger partial charge in [0.25, 0.3) is 11.8 Å². The Balaban J connectivity index is 1.50. The second-order valence-corrected chi connectivity index (χ2v) is 8.42. The first-order chi connectivity index (χ1) is 15.6. The summed E-state index contributed by atoms with van der Waals surface area (Å²) in [5.41, 5.74) is 2.02. The zero-order valence-electron chi connectivity index (χ0n) is 18.0. The summed E-state index contributed by atoms with van der Waals surface area (Å²) < 4.78 is 10.6. The van der Waals surface area contributed by atoms with Gasteiger partial charge < -0.3 is 20.1 Å². The van der Waals surface area contributed by atoms with Crippen LogP contribution in [-0.2, 0) is 0 Å². The van der Waals surface area contributed by atoms with E-state index in [9.17, 15) is 9.59 Å². The molecule has 1 fully saturated rings. The van der Waals surface area contributed by atoms with Crippen molar-refractivity contribution in [2.24, 2.45) is 0 Å². The quantitative estimate of drug-likeness (QED) is 0.541. The molecule has 1 saturated carbocycles. The third kappa shape index (κ3) is 4.75. The zero-order valence-corrected chi connectivity index (χ0v) is 18.8. The van der Waals surface area contributed by atoms with Crippen LogP contribution in [0.25, 0.3) is 10.6 Å². The molecular formula is C24H25N3O4S. The van der Waals surface area contributed by atoms with E-state index in [4.69, 9.17) is 9.47 Å². The number of anilines is 1. The lowest BCUT2D eigenvalue weighted by Gasteiger charge is -2.14. The molecule has 166 valence electrons. The summed E-state index contributed by atoms with van der Waals surface area (Å²) in [4.78, 5) is 30.1. The average molecular weight is 452 g/mol. The molecule has 2 aromatic carbocycles. The Morgan fingerprint density at radius 1 is 1.00 bits per heavy atom. The van der Waals surface area contributed by atoms with E-state index in [0.717, 1.165) is 31.2 Å². The Hall–Kier alpha value is -3.39. The highest BCUT2D eigenvalue weighted by Crippen LogP contribution is 2.33. The molecule has 4 rings (SSSR count). The first-order valence-electron chi connectivity index (χ1n) is 10.5. The fourth-order valence-electron chi connectivity index (χ4n) is 3.79. The van der Waals surface area contributed by atoms with Gasteiger partial charge in [-0.2, -0.15) is 0 Å². The van der Waals surface area contributed by atoms with E-state index < -0.39 is 0 Å². The smallest absolute Gasteiger partial charge is 0.275 e. The topological polar surface area (TPSA) is 89.5 Å². The van der Waals surface area contributed by atoms with Gasteiger partial charge in [0.2, 0.25) is 0 Å². The van der Waals surface area contributed by atoms with E-state index in [1.807, 2.05) is 12.1 Å². The summed E-state index contributed by atoms with van der Waals surface area (Å²) in [5, 5.41) is 8.29. The van der Waals surface area contributed by atoms with Gasteiger partial charge >= 0.3 is 0 Å². The number of carbonyl (C=O) groups is 2. The predicted octanol–water partition coefficient (Wildman–Crippen LogP) is 4.75. The number of para-hydroxylation sites is 1. The van der Waals surface area contributed by atoms with Crippen molar-refractivity contribution in [3.63, 3.8) is 0 Å². The number of aromatic nitrogens is 1.